The van der Waals surface area contributed by atoms with Gasteiger partial charge in [-0.15, -0.1) is 0 Å². The highest BCUT2D eigenvalue weighted by molar-refractivity contribution is 5.77. The molecule has 2 heterocycles. The summed E-state index contributed by atoms with van der Waals surface area (Å²) in [5, 5.41) is 0. The maximum atomic E-state index is 12.2. The number of hydrogen-bond donors (Lipinski definition) is 0. The van der Waals surface area contributed by atoms with E-state index in [0.717, 1.165) is 50.9 Å². The van der Waals surface area contributed by atoms with Gasteiger partial charge in [0.15, 0.2) is 0 Å². The van der Waals surface area contributed by atoms with Crippen molar-refractivity contribution in [3.63, 3.8) is 0 Å². The Kier molecular flexibility index (Phi) is 2.66. The van der Waals surface area contributed by atoms with Crippen molar-refractivity contribution in [3.8, 4) is 0 Å². The van der Waals surface area contributed by atoms with Gasteiger partial charge in [0.25, 0.3) is 0 Å². The van der Waals surface area contributed by atoms with Crippen molar-refractivity contribution < 1.29 is 9.53 Å². The van der Waals surface area contributed by atoms with Gasteiger partial charge in [-0.3, -0.25) is 4.79 Å². The minimum atomic E-state index is 0.406. The van der Waals surface area contributed by atoms with Gasteiger partial charge in [-0.1, -0.05) is 6.92 Å². The largest absolute Gasteiger partial charge is 0.381 e. The van der Waals surface area contributed by atoms with Crippen molar-refractivity contribution in [2.75, 3.05) is 19.8 Å². The van der Waals surface area contributed by atoms with Gasteiger partial charge < -0.3 is 9.64 Å². The van der Waals surface area contributed by atoms with Crippen LogP contribution in [0.1, 0.15) is 32.6 Å². The van der Waals surface area contributed by atoms with Crippen molar-refractivity contribution >= 4 is 5.91 Å². The van der Waals surface area contributed by atoms with E-state index in [2.05, 4.69) is 11.8 Å². The Morgan fingerprint density at radius 3 is 2.69 bits per heavy atom. The van der Waals surface area contributed by atoms with E-state index in [1.165, 1.54) is 6.42 Å². The average molecular weight is 223 g/mol. The molecule has 3 atom stereocenters. The maximum Gasteiger partial charge on any atom is 0.223 e. The highest BCUT2D eigenvalue weighted by Crippen LogP contribution is 2.50. The molecule has 3 rings (SSSR count). The number of likely N-dealkylation sites (tertiary alicyclic amines) is 1. The Morgan fingerprint density at radius 2 is 2.06 bits per heavy atom. The van der Waals surface area contributed by atoms with Crippen LogP contribution in [-0.4, -0.2) is 36.6 Å². The van der Waals surface area contributed by atoms with E-state index < -0.39 is 0 Å². The summed E-state index contributed by atoms with van der Waals surface area (Å²) in [6.45, 7) is 4.99. The van der Waals surface area contributed by atoms with Crippen LogP contribution in [0.2, 0.25) is 0 Å². The average Bonchev–Trinajstić information content (AvgIpc) is 2.78. The minimum Gasteiger partial charge on any atom is -0.381 e. The van der Waals surface area contributed by atoms with Crippen molar-refractivity contribution in [3.05, 3.63) is 0 Å². The van der Waals surface area contributed by atoms with Crippen molar-refractivity contribution in [2.24, 2.45) is 17.8 Å². The van der Waals surface area contributed by atoms with Gasteiger partial charge in [0, 0.05) is 32.2 Å². The lowest BCUT2D eigenvalue weighted by Crippen LogP contribution is -2.34. The molecule has 3 nitrogen and oxygen atoms in total. The molecule has 0 aromatic heterocycles. The molecular formula is C13H21NO2. The van der Waals surface area contributed by atoms with Gasteiger partial charge in [0.05, 0.1) is 0 Å². The molecule has 1 aliphatic carbocycles. The molecule has 90 valence electrons. The normalized spacial score (nSPS) is 38.6. The predicted molar refractivity (Wildman–Crippen MR) is 60.9 cm³/mol. The first-order valence-corrected chi connectivity index (χ1v) is 6.64. The van der Waals surface area contributed by atoms with Gasteiger partial charge in [-0.2, -0.15) is 0 Å². The summed E-state index contributed by atoms with van der Waals surface area (Å²) >= 11 is 0. The fourth-order valence-electron chi connectivity index (χ4n) is 3.51. The third-order valence-corrected chi connectivity index (χ3v) is 4.70. The van der Waals surface area contributed by atoms with E-state index in [1.807, 2.05) is 0 Å². The van der Waals surface area contributed by atoms with E-state index in [0.29, 0.717) is 17.9 Å². The van der Waals surface area contributed by atoms with Gasteiger partial charge in [-0.25, -0.2) is 0 Å². The molecule has 2 saturated heterocycles. The number of carbonyl (C=O) groups is 1. The molecule has 2 unspecified atom stereocenters. The van der Waals surface area contributed by atoms with Gasteiger partial charge in [0.2, 0.25) is 5.91 Å². The third-order valence-electron chi connectivity index (χ3n) is 4.70. The molecule has 0 N–H and O–H groups in total. The number of fused-ring (bicyclic) bond motifs is 1. The van der Waals surface area contributed by atoms with E-state index in [-0.39, 0.29) is 0 Å². The maximum absolute atomic E-state index is 12.2. The third kappa shape index (κ3) is 1.75. The Balaban J connectivity index is 1.53. The molecule has 2 aliphatic heterocycles. The van der Waals surface area contributed by atoms with Crippen LogP contribution in [0.25, 0.3) is 0 Å². The number of nitrogens with zero attached hydrogens (tertiary/aromatic N) is 1. The SMILES string of the molecule is C[C@@H]1C2CCN(C(=O)CC3CCOCC3)C21. The summed E-state index contributed by atoms with van der Waals surface area (Å²) < 4.78 is 5.33. The summed E-state index contributed by atoms with van der Waals surface area (Å²) in [6.07, 6.45) is 4.15. The molecule has 16 heavy (non-hydrogen) atoms. The van der Waals surface area contributed by atoms with Crippen molar-refractivity contribution in [1.29, 1.82) is 0 Å². The number of amides is 1. The van der Waals surface area contributed by atoms with E-state index >= 15 is 0 Å². The van der Waals surface area contributed by atoms with Crippen molar-refractivity contribution in [2.45, 2.75) is 38.6 Å². The Labute approximate surface area is 97.1 Å². The molecule has 3 fully saturated rings. The fourth-order valence-corrected chi connectivity index (χ4v) is 3.51. The first-order valence-electron chi connectivity index (χ1n) is 6.64. The van der Waals surface area contributed by atoms with Gasteiger partial charge in [0.1, 0.15) is 0 Å². The van der Waals surface area contributed by atoms with Crippen LogP contribution in [0.15, 0.2) is 0 Å². The predicted octanol–water partition coefficient (Wildman–Crippen LogP) is 1.67. The molecule has 1 amide bonds. The number of ether oxygens (including phenoxy) is 1. The summed E-state index contributed by atoms with van der Waals surface area (Å²) in [4.78, 5) is 14.3. The van der Waals surface area contributed by atoms with E-state index in [1.54, 1.807) is 0 Å². The van der Waals surface area contributed by atoms with Crippen LogP contribution < -0.4 is 0 Å². The second kappa shape index (κ2) is 4.02. The standard InChI is InChI=1S/C13H21NO2/c1-9-11-2-5-14(13(9)11)12(15)8-10-3-6-16-7-4-10/h9-11,13H,2-8H2,1H3/t9-,11?,13?/m1/s1. The molecule has 3 heteroatoms. The fraction of sp³-hybridized carbons (Fsp3) is 0.923. The quantitative estimate of drug-likeness (QED) is 0.712. The zero-order chi connectivity index (χ0) is 11.1. The van der Waals surface area contributed by atoms with Crippen LogP contribution in [0.3, 0.4) is 0 Å². The second-order valence-electron chi connectivity index (χ2n) is 5.65. The monoisotopic (exact) mass is 223 g/mol. The smallest absolute Gasteiger partial charge is 0.223 e. The Hall–Kier alpha value is -0.570. The lowest BCUT2D eigenvalue weighted by molar-refractivity contribution is -0.133. The van der Waals surface area contributed by atoms with Gasteiger partial charge >= 0.3 is 0 Å². The summed E-state index contributed by atoms with van der Waals surface area (Å²) in [5.41, 5.74) is 0. The molecule has 0 spiro atoms. The van der Waals surface area contributed by atoms with E-state index in [4.69, 9.17) is 4.74 Å². The zero-order valence-corrected chi connectivity index (χ0v) is 10.0. The first kappa shape index (κ1) is 10.6. The highest BCUT2D eigenvalue weighted by atomic mass is 16.5. The molecule has 0 aromatic rings. The van der Waals surface area contributed by atoms with Crippen LogP contribution in [0, 0.1) is 17.8 Å². The molecule has 0 radical (unpaired) electrons. The van der Waals surface area contributed by atoms with E-state index in [9.17, 15) is 4.79 Å². The number of rotatable bonds is 2. The van der Waals surface area contributed by atoms with Gasteiger partial charge in [-0.05, 0) is 37.0 Å². The number of hydrogen-bond acceptors (Lipinski definition) is 2. The molecule has 3 aliphatic rings. The highest BCUT2D eigenvalue weighted by Gasteiger charge is 2.55. The molecule has 0 aromatic carbocycles. The number of carbonyl (C=O) groups excluding carboxylic acids is 1. The second-order valence-corrected chi connectivity index (χ2v) is 5.65. The van der Waals surface area contributed by atoms with Crippen LogP contribution >= 0.6 is 0 Å². The molecule has 1 saturated carbocycles. The lowest BCUT2D eigenvalue weighted by Gasteiger charge is -2.25. The Morgan fingerprint density at radius 1 is 1.31 bits per heavy atom. The molecular weight excluding hydrogens is 202 g/mol. The summed E-state index contributed by atoms with van der Waals surface area (Å²) in [7, 11) is 0. The van der Waals surface area contributed by atoms with Crippen LogP contribution in [0.5, 0.6) is 0 Å². The molecule has 0 bridgehead atoms. The Bertz CT molecular complexity index is 286. The van der Waals surface area contributed by atoms with Crippen molar-refractivity contribution in [1.82, 2.24) is 4.90 Å². The minimum absolute atomic E-state index is 0.406. The topological polar surface area (TPSA) is 29.5 Å². The van der Waals surface area contributed by atoms with Crippen LogP contribution in [0.4, 0.5) is 0 Å². The zero-order valence-electron chi connectivity index (χ0n) is 10.0. The lowest BCUT2D eigenvalue weighted by atomic mass is 9.96. The summed E-state index contributed by atoms with van der Waals surface area (Å²) in [6, 6.07) is 0.604. The summed E-state index contributed by atoms with van der Waals surface area (Å²) in [5.74, 6) is 2.59. The van der Waals surface area contributed by atoms with Crippen LogP contribution in [-0.2, 0) is 9.53 Å². The number of piperidine rings is 1. The first-order chi connectivity index (χ1) is 7.77.